The minimum Gasteiger partial charge on any atom is -0.394 e. The zero-order chi connectivity index (χ0) is 35.8. The molecule has 15 heteroatoms. The van der Waals surface area contributed by atoms with Crippen molar-refractivity contribution in [1.29, 1.82) is 0 Å². The van der Waals surface area contributed by atoms with Crippen molar-refractivity contribution in [2.45, 2.75) is 113 Å². The minimum atomic E-state index is -1.96. The van der Waals surface area contributed by atoms with Crippen LogP contribution in [0, 0.1) is 47.3 Å². The van der Waals surface area contributed by atoms with E-state index in [1.165, 1.54) is 0 Å². The highest BCUT2D eigenvalue weighted by atomic mass is 16.7. The number of piperidine rings is 1. The topological polar surface area (TPSA) is 258 Å². The number of rotatable bonds is 10. The van der Waals surface area contributed by atoms with Crippen molar-refractivity contribution in [2.24, 2.45) is 58.8 Å². The predicted molar refractivity (Wildman–Crippen MR) is 175 cm³/mol. The normalized spacial score (nSPS) is 47.8. The molecule has 0 bridgehead atoms. The molecule has 13 N–H and O–H groups in total. The number of aliphatic hydroxyl groups excluding tert-OH is 4. The number of nitrogens with one attached hydrogen (secondary N) is 2. The summed E-state index contributed by atoms with van der Waals surface area (Å²) in [6.45, 7) is 4.45. The van der Waals surface area contributed by atoms with Crippen LogP contribution >= 0.6 is 0 Å². The Kier molecular flexibility index (Phi) is 12.4. The predicted octanol–water partition coefficient (Wildman–Crippen LogP) is -4.73. The second-order valence-corrected chi connectivity index (χ2v) is 15.4. The molecule has 0 aromatic rings. The first-order valence-electron chi connectivity index (χ1n) is 18.2. The van der Waals surface area contributed by atoms with E-state index >= 15 is 0 Å². The van der Waals surface area contributed by atoms with Gasteiger partial charge in [0.2, 0.25) is 0 Å². The second-order valence-electron chi connectivity index (χ2n) is 15.4. The quantitative estimate of drug-likeness (QED) is 0.0761. The number of ether oxygens (including phenoxy) is 3. The number of ketones is 2. The van der Waals surface area contributed by atoms with Crippen LogP contribution in [0.4, 0.5) is 0 Å². The van der Waals surface area contributed by atoms with E-state index in [1.807, 2.05) is 13.8 Å². The van der Waals surface area contributed by atoms with Gasteiger partial charge in [-0.2, -0.15) is 0 Å². The molecule has 0 radical (unpaired) electrons. The standard InChI is InChI=1S/C34H59N5O10/c1-5-17-20(47-4)12-21(26-24(17)27(41)18-10-15(2)19(13-39-33(36)37-3)28(42)25(18)29(26)43)48-32-30(44)31(45)34(46,22(14-40)49-32)8-6-16-7-9-38-23(35)11-16/h15-26,28,30-32,38,40,42,44-46H,5-14,35H2,1-4H3,(H3,36,37,39)/p+2/t15?,16?,17?,18?,19?,20?,21?,22-,23?,24?,25?,26?,28?,30-,31-,32+,34-/m1/s1. The summed E-state index contributed by atoms with van der Waals surface area (Å²) in [5, 5.41) is 61.4. The molecule has 5 rings (SSSR count). The lowest BCUT2D eigenvalue weighted by Gasteiger charge is -2.55. The van der Waals surface area contributed by atoms with Gasteiger partial charge in [-0.15, -0.1) is 0 Å². The third kappa shape index (κ3) is 7.30. The van der Waals surface area contributed by atoms with E-state index < -0.39 is 78.8 Å². The van der Waals surface area contributed by atoms with Crippen LogP contribution in [0.2, 0.25) is 0 Å². The molecular formula is C34H61N5O10+2. The number of Topliss-reactive ketones (excluding diaryl/α,β-unsaturated/α-hetero) is 2. The van der Waals surface area contributed by atoms with Gasteiger partial charge in [0.1, 0.15) is 41.6 Å². The zero-order valence-corrected chi connectivity index (χ0v) is 29.3. The number of methoxy groups -OCH3 is 1. The van der Waals surface area contributed by atoms with Crippen LogP contribution in [-0.4, -0.2) is 132 Å². The van der Waals surface area contributed by atoms with Gasteiger partial charge < -0.3 is 45.1 Å². The number of hydrogen-bond acceptors (Lipinski definition) is 11. The molecule has 17 atom stereocenters. The minimum absolute atomic E-state index is 0.0403. The van der Waals surface area contributed by atoms with Gasteiger partial charge in [-0.3, -0.25) is 31.4 Å². The Morgan fingerprint density at radius 1 is 1.08 bits per heavy atom. The summed E-state index contributed by atoms with van der Waals surface area (Å²) >= 11 is 0. The molecule has 2 aliphatic heterocycles. The molecule has 0 aromatic heterocycles. The molecule has 2 heterocycles. The third-order valence-corrected chi connectivity index (χ3v) is 12.8. The molecular weight excluding hydrogens is 638 g/mol. The number of quaternary nitrogens is 1. The maximum Gasteiger partial charge on any atom is 0.340 e. The summed E-state index contributed by atoms with van der Waals surface area (Å²) < 4.78 is 18.2. The summed E-state index contributed by atoms with van der Waals surface area (Å²) in [6.07, 6.45) is -5.34. The maximum absolute atomic E-state index is 14.6. The van der Waals surface area contributed by atoms with E-state index in [1.54, 1.807) is 14.2 Å². The first-order valence-corrected chi connectivity index (χ1v) is 18.2. The highest BCUT2D eigenvalue weighted by Gasteiger charge is 2.63. The van der Waals surface area contributed by atoms with E-state index in [2.05, 4.69) is 15.6 Å². The summed E-state index contributed by atoms with van der Waals surface area (Å²) in [5.74, 6) is -3.79. The van der Waals surface area contributed by atoms with Crippen LogP contribution in [0.1, 0.15) is 58.8 Å². The second kappa shape index (κ2) is 15.8. The zero-order valence-electron chi connectivity index (χ0n) is 29.3. The number of carbonyl (C=O) groups is 2. The fourth-order valence-corrected chi connectivity index (χ4v) is 9.92. The summed E-state index contributed by atoms with van der Waals surface area (Å²) in [5.41, 5.74) is 10.0. The van der Waals surface area contributed by atoms with Crippen LogP contribution in [0.5, 0.6) is 0 Å². The molecule has 5 aliphatic rings. The Bertz CT molecular complexity index is 1190. The van der Waals surface area contributed by atoms with Gasteiger partial charge in [0.25, 0.3) is 0 Å². The summed E-state index contributed by atoms with van der Waals surface area (Å²) in [6, 6.07) is 0. The van der Waals surface area contributed by atoms with E-state index in [0.29, 0.717) is 31.8 Å². The highest BCUT2D eigenvalue weighted by Crippen LogP contribution is 2.53. The van der Waals surface area contributed by atoms with E-state index in [4.69, 9.17) is 25.7 Å². The van der Waals surface area contributed by atoms with Crippen LogP contribution in [-0.2, 0) is 23.8 Å². The number of hydrogen-bond donors (Lipinski definition) is 10. The van der Waals surface area contributed by atoms with Gasteiger partial charge >= 0.3 is 5.96 Å². The average Bonchev–Trinajstić information content (AvgIpc) is 3.08. The van der Waals surface area contributed by atoms with Crippen LogP contribution in [0.15, 0.2) is 0 Å². The number of fused-ring (bicyclic) bond motifs is 2. The number of nitrogens with two attached hydrogens (primary N) is 3. The first-order chi connectivity index (χ1) is 23.3. The van der Waals surface area contributed by atoms with E-state index in [9.17, 15) is 35.1 Å². The fraction of sp³-hybridized carbons (Fsp3) is 0.912. The Morgan fingerprint density at radius 2 is 1.82 bits per heavy atom. The monoisotopic (exact) mass is 699 g/mol. The molecule has 0 aromatic carbocycles. The lowest BCUT2D eigenvalue weighted by atomic mass is 9.51. The molecule has 15 nitrogen and oxygen atoms in total. The highest BCUT2D eigenvalue weighted by molar-refractivity contribution is 6.00. The average molecular weight is 700 g/mol. The number of carbonyl (C=O) groups excluding carboxylic acids is 2. The fourth-order valence-electron chi connectivity index (χ4n) is 9.92. The van der Waals surface area contributed by atoms with Crippen molar-refractivity contribution < 1.29 is 59.6 Å². The van der Waals surface area contributed by atoms with Gasteiger partial charge in [-0.1, -0.05) is 20.3 Å². The van der Waals surface area contributed by atoms with Gasteiger partial charge in [-0.25, -0.2) is 0 Å². The molecule has 49 heavy (non-hydrogen) atoms. The molecule has 5 fully saturated rings. The lowest BCUT2D eigenvalue weighted by Crippen LogP contribution is -2.94. The van der Waals surface area contributed by atoms with E-state index in [0.717, 1.165) is 19.4 Å². The van der Waals surface area contributed by atoms with Crippen molar-refractivity contribution in [3.8, 4) is 0 Å². The largest absolute Gasteiger partial charge is 0.394 e. The van der Waals surface area contributed by atoms with Crippen LogP contribution < -0.4 is 27.1 Å². The Labute approximate surface area is 288 Å². The van der Waals surface area contributed by atoms with Crippen molar-refractivity contribution >= 4 is 17.5 Å². The third-order valence-electron chi connectivity index (χ3n) is 12.8. The SMILES string of the molecule is CCC1C(OC)CC(O[C@H]2O[C@H](CO)[C@](O)(CCC3CC[NH2+]C(N)C3)[C@H](O)[C@H]2O)C2C(=O)C3C(CC(C)C(CNC(N)=[NH+]C)C3O)C(=O)C12. The smallest absolute Gasteiger partial charge is 0.340 e. The van der Waals surface area contributed by atoms with Crippen molar-refractivity contribution in [2.75, 3.05) is 33.9 Å². The summed E-state index contributed by atoms with van der Waals surface area (Å²) in [4.78, 5) is 31.8. The molecule has 0 amide bonds. The molecule has 12 unspecified atom stereocenters. The van der Waals surface area contributed by atoms with Gasteiger partial charge in [0.05, 0.1) is 56.9 Å². The van der Waals surface area contributed by atoms with Gasteiger partial charge in [0, 0.05) is 37.7 Å². The summed E-state index contributed by atoms with van der Waals surface area (Å²) in [7, 11) is 3.22. The maximum atomic E-state index is 14.6. The van der Waals surface area contributed by atoms with Gasteiger partial charge in [-0.05, 0) is 43.4 Å². The number of guanidine groups is 1. The molecule has 280 valence electrons. The van der Waals surface area contributed by atoms with Crippen molar-refractivity contribution in [3.63, 3.8) is 0 Å². The Balaban J connectivity index is 1.38. The van der Waals surface area contributed by atoms with Crippen LogP contribution in [0.3, 0.4) is 0 Å². The van der Waals surface area contributed by atoms with Crippen molar-refractivity contribution in [3.05, 3.63) is 0 Å². The molecule has 3 saturated carbocycles. The van der Waals surface area contributed by atoms with Gasteiger partial charge in [0.15, 0.2) is 6.29 Å². The van der Waals surface area contributed by atoms with Crippen LogP contribution in [0.25, 0.3) is 0 Å². The van der Waals surface area contributed by atoms with E-state index in [-0.39, 0.29) is 54.2 Å². The Morgan fingerprint density at radius 3 is 2.45 bits per heavy atom. The molecule has 2 saturated heterocycles. The lowest BCUT2D eigenvalue weighted by molar-refractivity contribution is -0.699. The number of aliphatic hydroxyl groups is 5. The molecule has 0 spiro atoms. The Hall–Kier alpha value is -1.79. The van der Waals surface area contributed by atoms with Crippen molar-refractivity contribution in [1.82, 2.24) is 5.32 Å². The molecule has 3 aliphatic carbocycles. The first kappa shape index (κ1) is 38.4.